The van der Waals surface area contributed by atoms with Gasteiger partial charge in [-0.2, -0.15) is 0 Å². The van der Waals surface area contributed by atoms with Crippen molar-refractivity contribution >= 4 is 49.4 Å². The molecule has 0 radical (unpaired) electrons. The van der Waals surface area contributed by atoms with E-state index < -0.39 is 0 Å². The van der Waals surface area contributed by atoms with Gasteiger partial charge in [0.05, 0.1) is 0 Å². The lowest BCUT2D eigenvalue weighted by Crippen LogP contribution is -2.09. The topological polar surface area (TPSA) is 6.02 Å². The molecule has 0 aliphatic heterocycles. The average molecular weight is 389 g/mol. The van der Waals surface area contributed by atoms with Gasteiger partial charge in [-0.25, -0.2) is 0 Å². The molecule has 0 aliphatic carbocycles. The molecule has 0 aliphatic rings. The van der Waals surface area contributed by atoms with E-state index in [0.717, 1.165) is 27.2 Å². The Balaban J connectivity index is 0.000000243. The predicted octanol–water partition coefficient (Wildman–Crippen LogP) is 2.82. The first-order valence-corrected chi connectivity index (χ1v) is 15.3. The molecule has 0 bridgehead atoms. The summed E-state index contributed by atoms with van der Waals surface area (Å²) < 4.78 is 5.02. The molecule has 0 amide bonds. The Bertz CT molecular complexity index is 717. The van der Waals surface area contributed by atoms with Crippen LogP contribution in [0.3, 0.4) is 0 Å². The lowest BCUT2D eigenvalue weighted by Gasteiger charge is -2.03. The van der Waals surface area contributed by atoms with Crippen molar-refractivity contribution in [3.8, 4) is 0 Å². The zero-order valence-electron chi connectivity index (χ0n) is 16.3. The number of aryl methyl sites for hydroxylation is 1. The molecule has 0 aromatic heterocycles. The summed E-state index contributed by atoms with van der Waals surface area (Å²) in [7, 11) is 1.72. The van der Waals surface area contributed by atoms with Gasteiger partial charge in [0.1, 0.15) is 0 Å². The Morgan fingerprint density at radius 3 is 1.75 bits per heavy atom. The normalized spacial score (nSPS) is 9.88. The van der Waals surface area contributed by atoms with Crippen LogP contribution in [0.15, 0.2) is 54.6 Å². The van der Waals surface area contributed by atoms with E-state index in [4.69, 9.17) is 0 Å². The molecule has 0 unspecified atom stereocenters. The molecule has 128 valence electrons. The molecule has 2 rings (SSSR count). The first-order chi connectivity index (χ1) is 11.4. The summed E-state index contributed by atoms with van der Waals surface area (Å²) in [4.78, 5) is 0. The van der Waals surface area contributed by atoms with E-state index in [2.05, 4.69) is 95.5 Å². The fraction of sp³-hybridized carbons (Fsp3) is 0.333. The van der Waals surface area contributed by atoms with Crippen LogP contribution in [-0.4, -0.2) is 45.8 Å². The van der Waals surface area contributed by atoms with E-state index >= 15 is 0 Å². The molecular weight excluding hydrogens is 357 g/mol. The quantitative estimate of drug-likeness (QED) is 0.713. The minimum atomic E-state index is -0.294. The zero-order chi connectivity index (χ0) is 18.1. The van der Waals surface area contributed by atoms with E-state index in [9.17, 15) is 0 Å². The van der Waals surface area contributed by atoms with Gasteiger partial charge in [-0.05, 0) is 12.0 Å². The number of hydrogen-bond acceptors (Lipinski definition) is 0. The van der Waals surface area contributed by atoms with Gasteiger partial charge in [0.2, 0.25) is 0 Å². The van der Waals surface area contributed by atoms with E-state index in [0.29, 0.717) is 0 Å². The van der Waals surface area contributed by atoms with Gasteiger partial charge in [-0.3, -0.25) is 0 Å². The molecule has 0 atom stereocenters. The third-order valence-electron chi connectivity index (χ3n) is 4.19. The van der Waals surface area contributed by atoms with Crippen LogP contribution in [0, 0.1) is 0 Å². The maximum absolute atomic E-state index is 2.53. The Morgan fingerprint density at radius 2 is 1.25 bits per heavy atom. The minimum Gasteiger partial charge on any atom is -0.364 e. The largest absolute Gasteiger partial charge is 0.364 e. The Hall–Kier alpha value is -1.09. The third-order valence-corrected chi connectivity index (χ3v) is 13.8. The summed E-state index contributed by atoms with van der Waals surface area (Å²) in [6.07, 6.45) is 1.14. The molecule has 0 N–H and O–H groups in total. The molecule has 24 heavy (non-hydrogen) atoms. The number of nitrogens with zero attached hydrogens (tertiary/aromatic N) is 2. The lowest BCUT2D eigenvalue weighted by atomic mass is 10.1. The number of hydrogen-bond donors (Lipinski definition) is 0. The van der Waals surface area contributed by atoms with Crippen LogP contribution in [0.5, 0.6) is 0 Å². The van der Waals surface area contributed by atoms with Crippen LogP contribution < -0.4 is 0 Å². The summed E-state index contributed by atoms with van der Waals surface area (Å²) in [6.45, 7) is 11.5. The molecule has 2 aromatic rings. The molecule has 0 saturated carbocycles. The second-order valence-electron chi connectivity index (χ2n) is 6.37. The van der Waals surface area contributed by atoms with Crippen molar-refractivity contribution < 1.29 is 7.77 Å². The number of para-hydroxylation sites is 1. The SMILES string of the molecule is CCc1cccc([N+]([SiH3])=[Si](C)C)c1.C[Si](C)=[N+]([SiH3])c1ccccc1. The van der Waals surface area contributed by atoms with Crippen molar-refractivity contribution in [1.29, 1.82) is 0 Å². The first kappa shape index (κ1) is 21.0. The van der Waals surface area contributed by atoms with Gasteiger partial charge >= 0.3 is 17.2 Å². The van der Waals surface area contributed by atoms with Crippen LogP contribution >= 0.6 is 0 Å². The fourth-order valence-corrected chi connectivity index (χ4v) is 4.05. The van der Waals surface area contributed by atoms with Crippen molar-refractivity contribution in [3.63, 3.8) is 0 Å². The van der Waals surface area contributed by atoms with E-state index in [1.54, 1.807) is 0 Å². The first-order valence-electron chi connectivity index (χ1n) is 8.58. The van der Waals surface area contributed by atoms with Gasteiger partial charge in [-0.1, -0.05) is 37.3 Å². The summed E-state index contributed by atoms with van der Waals surface area (Å²) in [5.74, 6) is 0. The average Bonchev–Trinajstić information content (AvgIpc) is 2.61. The molecule has 2 aromatic carbocycles. The van der Waals surface area contributed by atoms with E-state index in [-0.39, 0.29) is 17.2 Å². The maximum atomic E-state index is 2.53. The monoisotopic (exact) mass is 388 g/mol. The van der Waals surface area contributed by atoms with E-state index in [1.165, 1.54) is 16.9 Å². The maximum Gasteiger partial charge on any atom is 0.313 e. The smallest absolute Gasteiger partial charge is 0.313 e. The summed E-state index contributed by atoms with van der Waals surface area (Å²) in [6, 6.07) is 19.6. The van der Waals surface area contributed by atoms with Crippen LogP contribution in [0.2, 0.25) is 26.2 Å². The standard InChI is InChI=1S/C10H18NSi2.C8H14NSi2/c1-4-9-6-5-7-10(8-9)11(12)13(2)3;1-11(2)9(10)8-6-4-3-5-7-8/h5-8H,4H2,1-3,12H3;3-7H,1-2,10H3/q2*+1. The third kappa shape index (κ3) is 6.80. The van der Waals surface area contributed by atoms with Gasteiger partial charge in [0.25, 0.3) is 20.8 Å². The van der Waals surface area contributed by atoms with Gasteiger partial charge in [0, 0.05) is 50.5 Å². The highest BCUT2D eigenvalue weighted by atomic mass is 28.3. The van der Waals surface area contributed by atoms with Crippen molar-refractivity contribution in [1.82, 2.24) is 0 Å². The van der Waals surface area contributed by atoms with Crippen molar-refractivity contribution in [3.05, 3.63) is 60.2 Å². The summed E-state index contributed by atoms with van der Waals surface area (Å²) in [5, 5.41) is 0. The Kier molecular flexibility index (Phi) is 9.35. The van der Waals surface area contributed by atoms with Gasteiger partial charge in [-0.15, -0.1) is 0 Å². The lowest BCUT2D eigenvalue weighted by molar-refractivity contribution is -0.254. The second kappa shape index (κ2) is 10.7. The van der Waals surface area contributed by atoms with Crippen molar-refractivity contribution in [2.75, 3.05) is 0 Å². The molecule has 0 heterocycles. The molecule has 0 fully saturated rings. The summed E-state index contributed by atoms with van der Waals surface area (Å²) in [5.41, 5.74) is 4.25. The highest BCUT2D eigenvalue weighted by molar-refractivity contribution is 6.42. The van der Waals surface area contributed by atoms with Crippen LogP contribution in [0.1, 0.15) is 12.5 Å². The zero-order valence-corrected chi connectivity index (χ0v) is 22.3. The summed E-state index contributed by atoms with van der Waals surface area (Å²) >= 11 is 0. The van der Waals surface area contributed by atoms with Crippen LogP contribution in [0.25, 0.3) is 0 Å². The molecule has 0 spiro atoms. The predicted molar refractivity (Wildman–Crippen MR) is 117 cm³/mol. The van der Waals surface area contributed by atoms with Crippen molar-refractivity contribution in [2.45, 2.75) is 39.5 Å². The van der Waals surface area contributed by atoms with Crippen LogP contribution in [-0.2, 0) is 6.42 Å². The molecule has 0 saturated heterocycles. The Labute approximate surface area is 156 Å². The minimum absolute atomic E-state index is 0.270. The fourth-order valence-electron chi connectivity index (χ4n) is 2.15. The molecular formula is C18H32N2Si4+2. The van der Waals surface area contributed by atoms with E-state index in [1.807, 2.05) is 0 Å². The molecule has 2 nitrogen and oxygen atoms in total. The molecule has 6 heteroatoms. The number of rotatable bonds is 3. The Morgan fingerprint density at radius 1 is 0.750 bits per heavy atom. The van der Waals surface area contributed by atoms with Gasteiger partial charge in [0.15, 0.2) is 11.4 Å². The second-order valence-corrected chi connectivity index (χ2v) is 15.1. The highest BCUT2D eigenvalue weighted by Gasteiger charge is 2.04. The number of benzene rings is 2. The highest BCUT2D eigenvalue weighted by Crippen LogP contribution is 2.13. The van der Waals surface area contributed by atoms with Crippen LogP contribution in [0.4, 0.5) is 11.4 Å². The van der Waals surface area contributed by atoms with Crippen molar-refractivity contribution in [2.24, 2.45) is 0 Å². The van der Waals surface area contributed by atoms with Gasteiger partial charge < -0.3 is 7.77 Å².